The monoisotopic (exact) mass is 256 g/mol. The Morgan fingerprint density at radius 2 is 2.22 bits per heavy atom. The number of carbonyl (C=O) groups is 3. The molecule has 2 atom stereocenters. The fourth-order valence-corrected chi connectivity index (χ4v) is 2.05. The van der Waals surface area contributed by atoms with E-state index in [1.54, 1.807) is 0 Å². The number of aliphatic carboxylic acids is 1. The number of hydrogen-bond donors (Lipinski definition) is 2. The van der Waals surface area contributed by atoms with Gasteiger partial charge in [0.25, 0.3) is 0 Å². The second kappa shape index (κ2) is 6.37. The lowest BCUT2D eigenvalue weighted by Crippen LogP contribution is -2.48. The van der Waals surface area contributed by atoms with Crippen LogP contribution in [0, 0.1) is 5.92 Å². The molecular formula is C12H20N2O4. The Bertz CT molecular complexity index is 343. The Labute approximate surface area is 106 Å². The minimum absolute atomic E-state index is 0.126. The third-order valence-corrected chi connectivity index (χ3v) is 3.31. The van der Waals surface area contributed by atoms with E-state index < -0.39 is 5.97 Å². The molecular weight excluding hydrogens is 236 g/mol. The number of rotatable bonds is 5. The molecule has 0 aromatic rings. The van der Waals surface area contributed by atoms with Crippen molar-refractivity contribution < 1.29 is 19.5 Å². The molecule has 102 valence electrons. The summed E-state index contributed by atoms with van der Waals surface area (Å²) >= 11 is 0. The fraction of sp³-hybridized carbons (Fsp3) is 0.750. The van der Waals surface area contributed by atoms with Gasteiger partial charge in [0.1, 0.15) is 6.54 Å². The van der Waals surface area contributed by atoms with Crippen molar-refractivity contribution in [3.63, 3.8) is 0 Å². The van der Waals surface area contributed by atoms with Crippen LogP contribution in [-0.2, 0) is 14.4 Å². The van der Waals surface area contributed by atoms with Crippen LogP contribution in [0.1, 0.15) is 33.1 Å². The summed E-state index contributed by atoms with van der Waals surface area (Å²) in [5.74, 6) is -1.77. The van der Waals surface area contributed by atoms with E-state index in [1.807, 2.05) is 13.8 Å². The standard InChI is InChI=1S/C12H20N2O4/c1-3-8(2)14(7-11(16)17)12(18)9-4-5-13-10(15)6-9/h8-9H,3-7H2,1-2H3,(H,13,15)(H,16,17)/t8-,9+/m1/s1. The zero-order valence-electron chi connectivity index (χ0n) is 10.8. The van der Waals surface area contributed by atoms with Crippen LogP contribution < -0.4 is 5.32 Å². The van der Waals surface area contributed by atoms with Crippen molar-refractivity contribution >= 4 is 17.8 Å². The highest BCUT2D eigenvalue weighted by Gasteiger charge is 2.31. The van der Waals surface area contributed by atoms with E-state index in [0.717, 1.165) is 0 Å². The van der Waals surface area contributed by atoms with Gasteiger partial charge in [0.05, 0.1) is 0 Å². The minimum atomic E-state index is -1.02. The van der Waals surface area contributed by atoms with Gasteiger partial charge in [-0.15, -0.1) is 0 Å². The number of nitrogens with zero attached hydrogens (tertiary/aromatic N) is 1. The third kappa shape index (κ3) is 3.72. The molecule has 2 amide bonds. The highest BCUT2D eigenvalue weighted by atomic mass is 16.4. The molecule has 0 radical (unpaired) electrons. The first-order valence-corrected chi connectivity index (χ1v) is 6.24. The van der Waals surface area contributed by atoms with Gasteiger partial charge in [0, 0.05) is 24.9 Å². The largest absolute Gasteiger partial charge is 0.480 e. The Morgan fingerprint density at radius 1 is 1.56 bits per heavy atom. The molecule has 1 aliphatic heterocycles. The summed E-state index contributed by atoms with van der Waals surface area (Å²) in [5.41, 5.74) is 0. The van der Waals surface area contributed by atoms with Crippen LogP contribution in [0.4, 0.5) is 0 Å². The molecule has 0 saturated carbocycles. The Hall–Kier alpha value is -1.59. The van der Waals surface area contributed by atoms with Gasteiger partial charge in [-0.25, -0.2) is 0 Å². The molecule has 0 aliphatic carbocycles. The normalized spacial score (nSPS) is 21.0. The molecule has 0 aromatic carbocycles. The molecule has 1 fully saturated rings. The fourth-order valence-electron chi connectivity index (χ4n) is 2.05. The van der Waals surface area contributed by atoms with Gasteiger partial charge in [0.15, 0.2) is 0 Å². The molecule has 0 bridgehead atoms. The summed E-state index contributed by atoms with van der Waals surface area (Å²) in [4.78, 5) is 35.7. The first kappa shape index (κ1) is 14.5. The molecule has 1 aliphatic rings. The average Bonchev–Trinajstić information content (AvgIpc) is 2.34. The van der Waals surface area contributed by atoms with E-state index in [-0.39, 0.29) is 36.7 Å². The molecule has 0 unspecified atom stereocenters. The van der Waals surface area contributed by atoms with Crippen LogP contribution in [-0.4, -0.2) is 46.9 Å². The quantitative estimate of drug-likeness (QED) is 0.737. The van der Waals surface area contributed by atoms with E-state index in [9.17, 15) is 14.4 Å². The van der Waals surface area contributed by atoms with Crippen LogP contribution in [0.3, 0.4) is 0 Å². The molecule has 1 rings (SSSR count). The number of carboxylic acid groups (broad SMARTS) is 1. The molecule has 6 heteroatoms. The third-order valence-electron chi connectivity index (χ3n) is 3.31. The van der Waals surface area contributed by atoms with Crippen molar-refractivity contribution in [2.24, 2.45) is 5.92 Å². The number of amides is 2. The van der Waals surface area contributed by atoms with E-state index >= 15 is 0 Å². The van der Waals surface area contributed by atoms with E-state index in [1.165, 1.54) is 4.90 Å². The van der Waals surface area contributed by atoms with Crippen LogP contribution >= 0.6 is 0 Å². The van der Waals surface area contributed by atoms with Gasteiger partial charge in [0.2, 0.25) is 11.8 Å². The van der Waals surface area contributed by atoms with Gasteiger partial charge >= 0.3 is 5.97 Å². The van der Waals surface area contributed by atoms with Crippen molar-refractivity contribution in [3.8, 4) is 0 Å². The number of piperidine rings is 1. The lowest BCUT2D eigenvalue weighted by atomic mass is 9.95. The smallest absolute Gasteiger partial charge is 0.323 e. The topological polar surface area (TPSA) is 86.7 Å². The van der Waals surface area contributed by atoms with Gasteiger partial charge in [-0.3, -0.25) is 14.4 Å². The second-order valence-electron chi connectivity index (χ2n) is 4.66. The van der Waals surface area contributed by atoms with E-state index in [2.05, 4.69) is 5.32 Å². The number of nitrogens with one attached hydrogen (secondary N) is 1. The lowest BCUT2D eigenvalue weighted by molar-refractivity contribution is -0.149. The summed E-state index contributed by atoms with van der Waals surface area (Å²) < 4.78 is 0. The molecule has 0 spiro atoms. The molecule has 18 heavy (non-hydrogen) atoms. The first-order valence-electron chi connectivity index (χ1n) is 6.24. The van der Waals surface area contributed by atoms with E-state index in [0.29, 0.717) is 19.4 Å². The maximum Gasteiger partial charge on any atom is 0.323 e. The SMILES string of the molecule is CC[C@@H](C)N(CC(=O)O)C(=O)[C@H]1CCNC(=O)C1. The second-order valence-corrected chi connectivity index (χ2v) is 4.66. The highest BCUT2D eigenvalue weighted by Crippen LogP contribution is 2.18. The van der Waals surface area contributed by atoms with Crippen molar-refractivity contribution in [1.82, 2.24) is 10.2 Å². The van der Waals surface area contributed by atoms with E-state index in [4.69, 9.17) is 5.11 Å². The van der Waals surface area contributed by atoms with Gasteiger partial charge < -0.3 is 15.3 Å². The van der Waals surface area contributed by atoms with Crippen LogP contribution in [0.5, 0.6) is 0 Å². The van der Waals surface area contributed by atoms with Crippen LogP contribution in [0.2, 0.25) is 0 Å². The number of carboxylic acids is 1. The summed E-state index contributed by atoms with van der Waals surface area (Å²) in [5, 5.41) is 11.5. The van der Waals surface area contributed by atoms with Gasteiger partial charge in [-0.05, 0) is 19.8 Å². The minimum Gasteiger partial charge on any atom is -0.480 e. The highest BCUT2D eigenvalue weighted by molar-refractivity contribution is 5.88. The van der Waals surface area contributed by atoms with Crippen molar-refractivity contribution in [3.05, 3.63) is 0 Å². The average molecular weight is 256 g/mol. The van der Waals surface area contributed by atoms with Crippen molar-refractivity contribution in [1.29, 1.82) is 0 Å². The Kier molecular flexibility index (Phi) is 5.12. The maximum atomic E-state index is 12.3. The summed E-state index contributed by atoms with van der Waals surface area (Å²) in [6.45, 7) is 3.91. The molecule has 2 N–H and O–H groups in total. The van der Waals surface area contributed by atoms with Crippen molar-refractivity contribution in [2.45, 2.75) is 39.2 Å². The molecule has 0 aromatic heterocycles. The predicted octanol–water partition coefficient (Wildman–Crippen LogP) is 0.224. The molecule has 1 heterocycles. The number of carbonyl (C=O) groups excluding carboxylic acids is 2. The van der Waals surface area contributed by atoms with Gasteiger partial charge in [-0.2, -0.15) is 0 Å². The maximum absolute atomic E-state index is 12.3. The van der Waals surface area contributed by atoms with Crippen LogP contribution in [0.25, 0.3) is 0 Å². The summed E-state index contributed by atoms with van der Waals surface area (Å²) in [6, 6.07) is -0.126. The predicted molar refractivity (Wildman–Crippen MR) is 64.8 cm³/mol. The number of hydrogen-bond acceptors (Lipinski definition) is 3. The lowest BCUT2D eigenvalue weighted by Gasteiger charge is -2.32. The summed E-state index contributed by atoms with van der Waals surface area (Å²) in [6.07, 6.45) is 1.43. The Morgan fingerprint density at radius 3 is 2.72 bits per heavy atom. The Balaban J connectivity index is 2.74. The van der Waals surface area contributed by atoms with Gasteiger partial charge in [-0.1, -0.05) is 6.92 Å². The zero-order valence-corrected chi connectivity index (χ0v) is 10.8. The summed E-state index contributed by atoms with van der Waals surface area (Å²) in [7, 11) is 0. The molecule has 1 saturated heterocycles. The first-order chi connectivity index (χ1) is 8.45. The zero-order chi connectivity index (χ0) is 13.7. The van der Waals surface area contributed by atoms with Crippen molar-refractivity contribution in [2.75, 3.05) is 13.1 Å². The molecule has 6 nitrogen and oxygen atoms in total. The van der Waals surface area contributed by atoms with Crippen LogP contribution in [0.15, 0.2) is 0 Å².